The Hall–Kier alpha value is -2.41. The first-order valence-corrected chi connectivity index (χ1v) is 8.25. The van der Waals surface area contributed by atoms with Crippen LogP contribution >= 0.6 is 11.6 Å². The van der Waals surface area contributed by atoms with Crippen LogP contribution in [-0.2, 0) is 23.9 Å². The molecule has 3 amide bonds. The monoisotopic (exact) mass is 366 g/mol. The van der Waals surface area contributed by atoms with Crippen molar-refractivity contribution in [2.45, 2.75) is 39.2 Å². The molecule has 1 fully saturated rings. The smallest absolute Gasteiger partial charge is 0.308 e. The van der Waals surface area contributed by atoms with Crippen molar-refractivity contribution in [3.63, 3.8) is 0 Å². The van der Waals surface area contributed by atoms with Crippen LogP contribution in [0.1, 0.15) is 31.7 Å². The third-order valence-corrected chi connectivity index (χ3v) is 4.06. The molecule has 1 heterocycles. The first kappa shape index (κ1) is 18.9. The number of carbonyl (C=O) groups excluding carboxylic acids is 4. The number of imide groups is 1. The fourth-order valence-corrected chi connectivity index (χ4v) is 2.52. The van der Waals surface area contributed by atoms with Crippen molar-refractivity contribution in [3.05, 3.63) is 28.8 Å². The van der Waals surface area contributed by atoms with Crippen LogP contribution in [0.5, 0.6) is 0 Å². The van der Waals surface area contributed by atoms with Crippen LogP contribution in [0.15, 0.2) is 18.2 Å². The molecule has 1 saturated heterocycles. The van der Waals surface area contributed by atoms with Crippen molar-refractivity contribution in [3.8, 4) is 0 Å². The van der Waals surface area contributed by atoms with Crippen LogP contribution in [0.2, 0.25) is 5.02 Å². The second-order valence-corrected chi connectivity index (χ2v) is 6.21. The lowest BCUT2D eigenvalue weighted by atomic mass is 10.2. The van der Waals surface area contributed by atoms with E-state index < -0.39 is 18.0 Å². The number of hydrogen-bond donors (Lipinski definition) is 1. The molecule has 1 aliphatic rings. The third-order valence-electron chi connectivity index (χ3n) is 3.83. The highest BCUT2D eigenvalue weighted by atomic mass is 35.5. The van der Waals surface area contributed by atoms with Gasteiger partial charge in [0.1, 0.15) is 0 Å². The van der Waals surface area contributed by atoms with E-state index >= 15 is 0 Å². The number of ether oxygens (including phenoxy) is 1. The average molecular weight is 367 g/mol. The largest absolute Gasteiger partial charge is 0.452 e. The average Bonchev–Trinajstić information content (AvgIpc) is 2.87. The molecule has 7 nitrogen and oxygen atoms in total. The molecule has 1 atom stereocenters. The molecule has 1 aromatic rings. The SMILES string of the molecule is Cc1ccc(Cl)cc1NC(=O)[C@@H](C)OC(=O)CCN1C(=O)CCC1=O. The maximum Gasteiger partial charge on any atom is 0.308 e. The summed E-state index contributed by atoms with van der Waals surface area (Å²) in [5, 5.41) is 3.13. The minimum atomic E-state index is -1.02. The number of carbonyl (C=O) groups is 4. The number of benzene rings is 1. The summed E-state index contributed by atoms with van der Waals surface area (Å²) in [7, 11) is 0. The Morgan fingerprint density at radius 3 is 2.56 bits per heavy atom. The third kappa shape index (κ3) is 5.03. The lowest BCUT2D eigenvalue weighted by molar-refractivity contribution is -0.154. The highest BCUT2D eigenvalue weighted by Gasteiger charge is 2.29. The van der Waals surface area contributed by atoms with Gasteiger partial charge in [-0.3, -0.25) is 24.1 Å². The molecule has 0 unspecified atom stereocenters. The molecular formula is C17H19ClN2O5. The van der Waals surface area contributed by atoms with E-state index in [1.54, 1.807) is 18.2 Å². The van der Waals surface area contributed by atoms with E-state index in [2.05, 4.69) is 5.32 Å². The normalized spacial score (nSPS) is 15.2. The van der Waals surface area contributed by atoms with Crippen LogP contribution < -0.4 is 5.32 Å². The molecule has 0 bridgehead atoms. The second kappa shape index (κ2) is 8.11. The van der Waals surface area contributed by atoms with E-state index in [1.165, 1.54) is 6.92 Å². The molecular weight excluding hydrogens is 348 g/mol. The second-order valence-electron chi connectivity index (χ2n) is 5.77. The number of aryl methyl sites for hydroxylation is 1. The topological polar surface area (TPSA) is 92.8 Å². The van der Waals surface area contributed by atoms with Crippen molar-refractivity contribution in [1.29, 1.82) is 0 Å². The molecule has 1 aliphatic heterocycles. The van der Waals surface area contributed by atoms with Gasteiger partial charge in [0.2, 0.25) is 11.8 Å². The fraction of sp³-hybridized carbons (Fsp3) is 0.412. The van der Waals surface area contributed by atoms with Gasteiger partial charge in [0, 0.05) is 30.1 Å². The Balaban J connectivity index is 1.83. The fourth-order valence-electron chi connectivity index (χ4n) is 2.35. The number of hydrogen-bond acceptors (Lipinski definition) is 5. The molecule has 2 rings (SSSR count). The van der Waals surface area contributed by atoms with Crippen molar-refractivity contribution in [1.82, 2.24) is 4.90 Å². The molecule has 25 heavy (non-hydrogen) atoms. The number of rotatable bonds is 6. The van der Waals surface area contributed by atoms with Gasteiger partial charge in [0.15, 0.2) is 6.10 Å². The van der Waals surface area contributed by atoms with Gasteiger partial charge < -0.3 is 10.1 Å². The van der Waals surface area contributed by atoms with E-state index in [0.717, 1.165) is 10.5 Å². The predicted octanol–water partition coefficient (Wildman–Crippen LogP) is 2.06. The first-order chi connectivity index (χ1) is 11.8. The molecule has 0 spiro atoms. The summed E-state index contributed by atoms with van der Waals surface area (Å²) in [6.07, 6.45) is -0.821. The zero-order valence-electron chi connectivity index (χ0n) is 14.0. The van der Waals surface area contributed by atoms with Crippen molar-refractivity contribution >= 4 is 41.0 Å². The molecule has 0 saturated carbocycles. The minimum Gasteiger partial charge on any atom is -0.452 e. The van der Waals surface area contributed by atoms with E-state index in [9.17, 15) is 19.2 Å². The van der Waals surface area contributed by atoms with Crippen LogP contribution in [0.25, 0.3) is 0 Å². The zero-order chi connectivity index (χ0) is 18.6. The molecule has 1 N–H and O–H groups in total. The van der Waals surface area contributed by atoms with Crippen molar-refractivity contribution < 1.29 is 23.9 Å². The van der Waals surface area contributed by atoms with Gasteiger partial charge in [-0.15, -0.1) is 0 Å². The number of amides is 3. The Morgan fingerprint density at radius 2 is 1.92 bits per heavy atom. The van der Waals surface area contributed by atoms with Gasteiger partial charge in [-0.25, -0.2) is 0 Å². The first-order valence-electron chi connectivity index (χ1n) is 7.87. The summed E-state index contributed by atoms with van der Waals surface area (Å²) in [6.45, 7) is 3.23. The standard InChI is InChI=1S/C17H19ClN2O5/c1-10-3-4-12(18)9-13(10)19-17(24)11(2)25-16(23)7-8-20-14(21)5-6-15(20)22/h3-4,9,11H,5-8H2,1-2H3,(H,19,24)/t11-/m1/s1. The summed E-state index contributed by atoms with van der Waals surface area (Å²) in [6, 6.07) is 5.07. The molecule has 134 valence electrons. The van der Waals surface area contributed by atoms with Gasteiger partial charge in [0.05, 0.1) is 6.42 Å². The number of nitrogens with zero attached hydrogens (tertiary/aromatic N) is 1. The molecule has 0 aromatic heterocycles. The summed E-state index contributed by atoms with van der Waals surface area (Å²) in [4.78, 5) is 47.9. The molecule has 0 aliphatic carbocycles. The predicted molar refractivity (Wildman–Crippen MR) is 90.9 cm³/mol. The Kier molecular flexibility index (Phi) is 6.14. The maximum atomic E-state index is 12.1. The van der Waals surface area contributed by atoms with Crippen LogP contribution in [0.4, 0.5) is 5.69 Å². The molecule has 8 heteroatoms. The Morgan fingerprint density at radius 1 is 1.28 bits per heavy atom. The zero-order valence-corrected chi connectivity index (χ0v) is 14.8. The Labute approximate surface area is 150 Å². The Bertz CT molecular complexity index is 703. The van der Waals surface area contributed by atoms with Crippen molar-refractivity contribution in [2.24, 2.45) is 0 Å². The summed E-state index contributed by atoms with van der Waals surface area (Å²) < 4.78 is 5.05. The van der Waals surface area contributed by atoms with E-state index in [4.69, 9.17) is 16.3 Å². The molecule has 1 aromatic carbocycles. The number of esters is 1. The van der Waals surface area contributed by atoms with Crippen LogP contribution in [0.3, 0.4) is 0 Å². The lowest BCUT2D eigenvalue weighted by Gasteiger charge is -2.16. The number of nitrogens with one attached hydrogen (secondary N) is 1. The van der Waals surface area contributed by atoms with E-state index in [-0.39, 0.29) is 37.6 Å². The van der Waals surface area contributed by atoms with Gasteiger partial charge in [-0.1, -0.05) is 17.7 Å². The number of likely N-dealkylation sites (tertiary alicyclic amines) is 1. The number of halogens is 1. The van der Waals surface area contributed by atoms with Crippen LogP contribution in [0, 0.1) is 6.92 Å². The minimum absolute atomic E-state index is 0.0295. The molecule has 0 radical (unpaired) electrons. The highest BCUT2D eigenvalue weighted by molar-refractivity contribution is 6.31. The summed E-state index contributed by atoms with van der Waals surface area (Å²) >= 11 is 5.89. The lowest BCUT2D eigenvalue weighted by Crippen LogP contribution is -2.34. The van der Waals surface area contributed by atoms with Gasteiger partial charge in [-0.05, 0) is 31.5 Å². The van der Waals surface area contributed by atoms with Gasteiger partial charge in [0.25, 0.3) is 5.91 Å². The number of anilines is 1. The quantitative estimate of drug-likeness (QED) is 0.614. The van der Waals surface area contributed by atoms with Gasteiger partial charge >= 0.3 is 5.97 Å². The van der Waals surface area contributed by atoms with E-state index in [0.29, 0.717) is 10.7 Å². The van der Waals surface area contributed by atoms with Crippen LogP contribution in [-0.4, -0.2) is 41.2 Å². The summed E-state index contributed by atoms with van der Waals surface area (Å²) in [5.41, 5.74) is 1.36. The van der Waals surface area contributed by atoms with E-state index in [1.807, 2.05) is 6.92 Å². The van der Waals surface area contributed by atoms with Gasteiger partial charge in [-0.2, -0.15) is 0 Å². The van der Waals surface area contributed by atoms with Crippen molar-refractivity contribution in [2.75, 3.05) is 11.9 Å². The summed E-state index contributed by atoms with van der Waals surface area (Å²) in [5.74, 6) is -1.73. The maximum absolute atomic E-state index is 12.1. The highest BCUT2D eigenvalue weighted by Crippen LogP contribution is 2.20.